The molecule has 0 heterocycles. The van der Waals surface area contributed by atoms with E-state index in [0.29, 0.717) is 37.9 Å². The summed E-state index contributed by atoms with van der Waals surface area (Å²) in [5.41, 5.74) is 8.27. The Bertz CT molecular complexity index is 2090. The molecule has 0 N–H and O–H groups in total. The van der Waals surface area contributed by atoms with Gasteiger partial charge in [0, 0.05) is 5.02 Å². The van der Waals surface area contributed by atoms with E-state index in [1.165, 1.54) is 5.56 Å². The molecule has 0 amide bonds. The molecule has 0 bridgehead atoms. The Morgan fingerprint density at radius 2 is 0.964 bits per heavy atom. The zero-order valence-electron chi connectivity index (χ0n) is 31.8. The van der Waals surface area contributed by atoms with Crippen molar-refractivity contribution in [3.63, 3.8) is 0 Å². The normalized spacial score (nSPS) is 19.5. The quantitative estimate of drug-likeness (QED) is 0.0926. The van der Waals surface area contributed by atoms with Crippen LogP contribution >= 0.6 is 11.6 Å². The van der Waals surface area contributed by atoms with E-state index in [2.05, 4.69) is 37.3 Å². The van der Waals surface area contributed by atoms with Gasteiger partial charge < -0.3 is 18.9 Å². The fourth-order valence-corrected chi connectivity index (χ4v) is 7.68. The van der Waals surface area contributed by atoms with Crippen LogP contribution in [0.25, 0.3) is 0 Å². The predicted molar refractivity (Wildman–Crippen MR) is 222 cm³/mol. The van der Waals surface area contributed by atoms with Crippen molar-refractivity contribution in [2.45, 2.75) is 70.4 Å². The molecule has 5 atom stereocenters. The number of aryl methyl sites for hydroxylation is 1. The molecule has 56 heavy (non-hydrogen) atoms. The van der Waals surface area contributed by atoms with Crippen LogP contribution in [0.15, 0.2) is 164 Å². The highest BCUT2D eigenvalue weighted by atomic mass is 35.5. The van der Waals surface area contributed by atoms with Crippen LogP contribution in [0.3, 0.4) is 0 Å². The van der Waals surface area contributed by atoms with Crippen molar-refractivity contribution in [3.8, 4) is 0 Å². The van der Waals surface area contributed by atoms with Gasteiger partial charge in [-0.3, -0.25) is 4.79 Å². The van der Waals surface area contributed by atoms with Crippen LogP contribution in [0.2, 0.25) is 5.02 Å². The van der Waals surface area contributed by atoms with Gasteiger partial charge in [-0.2, -0.15) is 0 Å². The predicted octanol–water partition coefficient (Wildman–Crippen LogP) is 10.7. The molecule has 1 fully saturated rings. The highest BCUT2D eigenvalue weighted by Crippen LogP contribution is 2.41. The van der Waals surface area contributed by atoms with Gasteiger partial charge in [-0.05, 0) is 63.4 Å². The number of hydrogen-bond acceptors (Lipinski definition) is 5. The maximum Gasteiger partial charge on any atom is 0.151 e. The fourth-order valence-electron chi connectivity index (χ4n) is 7.50. The maximum absolute atomic E-state index is 15.3. The van der Waals surface area contributed by atoms with E-state index in [9.17, 15) is 0 Å². The van der Waals surface area contributed by atoms with E-state index in [1.54, 1.807) is 0 Å². The summed E-state index contributed by atoms with van der Waals surface area (Å²) in [5, 5.41) is 0.655. The Balaban J connectivity index is 1.29. The first-order valence-corrected chi connectivity index (χ1v) is 19.9. The number of ether oxygens (including phenoxy) is 4. The molecule has 5 nitrogen and oxygen atoms in total. The van der Waals surface area contributed by atoms with Gasteiger partial charge in [0.1, 0.15) is 12.2 Å². The molecule has 7 rings (SSSR count). The molecule has 1 saturated carbocycles. The van der Waals surface area contributed by atoms with Crippen LogP contribution in [0.5, 0.6) is 0 Å². The second kappa shape index (κ2) is 19.8. The van der Waals surface area contributed by atoms with Gasteiger partial charge in [-0.25, -0.2) is 0 Å². The minimum absolute atomic E-state index is 0.00526. The molecule has 286 valence electrons. The van der Waals surface area contributed by atoms with E-state index in [1.807, 2.05) is 133 Å². The summed E-state index contributed by atoms with van der Waals surface area (Å²) in [6.45, 7) is 3.60. The molecule has 0 radical (unpaired) electrons. The third-order valence-electron chi connectivity index (χ3n) is 10.6. The third-order valence-corrected chi connectivity index (χ3v) is 10.9. The van der Waals surface area contributed by atoms with Crippen molar-refractivity contribution in [3.05, 3.63) is 213 Å². The van der Waals surface area contributed by atoms with Gasteiger partial charge in [-0.1, -0.05) is 176 Å². The molecule has 0 saturated heterocycles. The Labute approximate surface area is 336 Å². The lowest BCUT2D eigenvalue weighted by Gasteiger charge is -2.45. The summed E-state index contributed by atoms with van der Waals surface area (Å²) in [5.74, 6) is -1.33. The average Bonchev–Trinajstić information content (AvgIpc) is 3.25. The summed E-state index contributed by atoms with van der Waals surface area (Å²) >= 11 is 6.90. The Morgan fingerprint density at radius 1 is 0.500 bits per heavy atom. The molecule has 6 heteroatoms. The number of ketones is 1. The van der Waals surface area contributed by atoms with Crippen molar-refractivity contribution < 1.29 is 23.7 Å². The SMILES string of the molecule is CCc1ccc(Cc2cc([C@@H]3C(=O)[C@H](COCc4ccccc4)[C@@H](OCc4ccccc4)[C@H](OCc4ccccc4)[C@H]3OCc3ccccc3)ccc2Cl)cc1. The zero-order chi connectivity index (χ0) is 38.5. The first-order valence-electron chi connectivity index (χ1n) is 19.5. The smallest absolute Gasteiger partial charge is 0.151 e. The van der Waals surface area contributed by atoms with Gasteiger partial charge in [0.05, 0.1) is 51.0 Å². The van der Waals surface area contributed by atoms with Gasteiger partial charge in [0.25, 0.3) is 0 Å². The Hall–Kier alpha value is -4.88. The van der Waals surface area contributed by atoms with Gasteiger partial charge in [0.2, 0.25) is 0 Å². The minimum Gasteiger partial charge on any atom is -0.376 e. The van der Waals surface area contributed by atoms with Crippen molar-refractivity contribution >= 4 is 17.4 Å². The summed E-state index contributed by atoms with van der Waals surface area (Å²) < 4.78 is 27.1. The zero-order valence-corrected chi connectivity index (χ0v) is 32.6. The van der Waals surface area contributed by atoms with Gasteiger partial charge >= 0.3 is 0 Å². The minimum atomic E-state index is -0.685. The molecule has 0 spiro atoms. The molecular formula is C50H49ClO5. The lowest BCUT2D eigenvalue weighted by Crippen LogP contribution is -2.59. The number of Topliss-reactive ketones (excluding diaryl/α,β-unsaturated/α-hetero) is 1. The van der Waals surface area contributed by atoms with Crippen LogP contribution in [0.4, 0.5) is 0 Å². The largest absolute Gasteiger partial charge is 0.376 e. The molecule has 1 aliphatic rings. The number of halogens is 1. The molecule has 0 aliphatic heterocycles. The maximum atomic E-state index is 15.3. The summed E-state index contributed by atoms with van der Waals surface area (Å²) in [7, 11) is 0. The number of carbonyl (C=O) groups is 1. The fraction of sp³-hybridized carbons (Fsp3) is 0.260. The molecule has 6 aromatic carbocycles. The summed E-state index contributed by atoms with van der Waals surface area (Å²) in [4.78, 5) is 15.3. The van der Waals surface area contributed by atoms with Crippen LogP contribution < -0.4 is 0 Å². The molecule has 6 aromatic rings. The monoisotopic (exact) mass is 764 g/mol. The van der Waals surface area contributed by atoms with E-state index < -0.39 is 30.1 Å². The molecular weight excluding hydrogens is 716 g/mol. The van der Waals surface area contributed by atoms with E-state index in [4.69, 9.17) is 30.5 Å². The van der Waals surface area contributed by atoms with Crippen LogP contribution in [0, 0.1) is 5.92 Å². The van der Waals surface area contributed by atoms with Crippen molar-refractivity contribution in [2.24, 2.45) is 5.92 Å². The number of hydrogen-bond donors (Lipinski definition) is 0. The second-order valence-electron chi connectivity index (χ2n) is 14.5. The van der Waals surface area contributed by atoms with Crippen LogP contribution in [-0.2, 0) is 63.0 Å². The van der Waals surface area contributed by atoms with Crippen molar-refractivity contribution in [1.29, 1.82) is 0 Å². The summed E-state index contributed by atoms with van der Waals surface area (Å²) in [6, 6.07) is 54.8. The lowest BCUT2D eigenvalue weighted by molar-refractivity contribution is -0.200. The van der Waals surface area contributed by atoms with Gasteiger partial charge in [0.15, 0.2) is 5.78 Å². The summed E-state index contributed by atoms with van der Waals surface area (Å²) in [6.07, 6.45) is -0.368. The topological polar surface area (TPSA) is 54.0 Å². The average molecular weight is 765 g/mol. The standard InChI is InChI=1S/C50H49ClO5/c1-2-36-23-25-37(26-24-36)29-43-30-42(27-28-45(43)51)46-47(52)44(35-53-31-38-15-7-3-8-16-38)48(54-32-39-17-9-4-10-18-39)50(56-34-41-21-13-6-14-22-41)49(46)55-33-40-19-11-5-12-20-40/h3-28,30,44,46,48-50H,2,29,31-35H2,1H3/t44-,46+,48+,49-,50-/m0/s1. The molecule has 1 aliphatic carbocycles. The number of rotatable bonds is 17. The molecule has 0 unspecified atom stereocenters. The van der Waals surface area contributed by atoms with Crippen molar-refractivity contribution in [2.75, 3.05) is 6.61 Å². The highest BCUT2D eigenvalue weighted by Gasteiger charge is 2.53. The lowest BCUT2D eigenvalue weighted by atomic mass is 9.71. The number of benzene rings is 6. The third kappa shape index (κ3) is 10.3. The van der Waals surface area contributed by atoms with Gasteiger partial charge in [-0.15, -0.1) is 0 Å². The Morgan fingerprint density at radius 3 is 1.48 bits per heavy atom. The van der Waals surface area contributed by atoms with E-state index in [0.717, 1.165) is 45.4 Å². The molecule has 0 aromatic heterocycles. The van der Waals surface area contributed by atoms with E-state index in [-0.39, 0.29) is 12.4 Å². The first kappa shape index (κ1) is 39.4. The van der Waals surface area contributed by atoms with Crippen LogP contribution in [0.1, 0.15) is 57.3 Å². The van der Waals surface area contributed by atoms with Crippen molar-refractivity contribution in [1.82, 2.24) is 0 Å². The van der Waals surface area contributed by atoms with E-state index >= 15 is 4.79 Å². The Kier molecular flexibility index (Phi) is 13.9. The highest BCUT2D eigenvalue weighted by molar-refractivity contribution is 6.31. The van der Waals surface area contributed by atoms with Crippen LogP contribution in [-0.4, -0.2) is 30.7 Å². The second-order valence-corrected chi connectivity index (χ2v) is 14.9. The number of carbonyl (C=O) groups excluding carboxylic acids is 1. The first-order chi connectivity index (χ1) is 27.6.